The van der Waals surface area contributed by atoms with Crippen molar-refractivity contribution >= 4 is 0 Å². The zero-order valence-electron chi connectivity index (χ0n) is 6.20. The molecule has 1 aliphatic rings. The van der Waals surface area contributed by atoms with Crippen LogP contribution in [0.15, 0.2) is 24.3 Å². The largest absolute Gasteiger partial charge is 0.387 e. The van der Waals surface area contributed by atoms with Gasteiger partial charge in [-0.15, -0.1) is 0 Å². The van der Waals surface area contributed by atoms with Crippen molar-refractivity contribution in [1.29, 1.82) is 0 Å². The summed E-state index contributed by atoms with van der Waals surface area (Å²) in [5.41, 5.74) is 7.87. The zero-order chi connectivity index (χ0) is 7.84. The number of aliphatic hydroxyl groups excluding tert-OH is 1. The molecule has 1 unspecified atom stereocenters. The molecule has 2 heteroatoms. The highest BCUT2D eigenvalue weighted by Gasteiger charge is 2.26. The summed E-state index contributed by atoms with van der Waals surface area (Å²) < 4.78 is 0. The highest BCUT2D eigenvalue weighted by molar-refractivity contribution is 5.35. The minimum absolute atomic E-state index is 0.104. The molecule has 0 amide bonds. The first-order valence-electron chi connectivity index (χ1n) is 3.80. The molecule has 0 heterocycles. The van der Waals surface area contributed by atoms with Crippen molar-refractivity contribution in [3.05, 3.63) is 35.4 Å². The van der Waals surface area contributed by atoms with Gasteiger partial charge in [-0.05, 0) is 17.5 Å². The molecule has 0 spiro atoms. The molecule has 0 fully saturated rings. The summed E-state index contributed by atoms with van der Waals surface area (Å²) in [6.07, 6.45) is 0.350. The molecule has 2 rings (SSSR count). The average molecular weight is 149 g/mol. The van der Waals surface area contributed by atoms with Gasteiger partial charge in [0.15, 0.2) is 0 Å². The molecule has 1 aliphatic carbocycles. The molecule has 0 aromatic heterocycles. The predicted molar refractivity (Wildman–Crippen MR) is 43.1 cm³/mol. The van der Waals surface area contributed by atoms with Crippen LogP contribution in [0.5, 0.6) is 0 Å². The Hall–Kier alpha value is -0.860. The Morgan fingerprint density at radius 3 is 2.82 bits per heavy atom. The summed E-state index contributed by atoms with van der Waals surface area (Å²) in [6.45, 7) is 0. The molecule has 0 saturated carbocycles. The van der Waals surface area contributed by atoms with Crippen molar-refractivity contribution in [1.82, 2.24) is 0 Å². The Morgan fingerprint density at radius 1 is 1.36 bits per heavy atom. The van der Waals surface area contributed by atoms with E-state index >= 15 is 0 Å². The van der Waals surface area contributed by atoms with Gasteiger partial charge < -0.3 is 10.8 Å². The summed E-state index contributed by atoms with van der Waals surface area (Å²) in [4.78, 5) is 0. The van der Waals surface area contributed by atoms with E-state index in [1.807, 2.05) is 24.3 Å². The summed E-state index contributed by atoms with van der Waals surface area (Å²) in [7, 11) is 0. The van der Waals surface area contributed by atoms with Gasteiger partial charge in [-0.3, -0.25) is 0 Å². The summed E-state index contributed by atoms with van der Waals surface area (Å²) in [5.74, 6) is 0. The van der Waals surface area contributed by atoms with Gasteiger partial charge in [0.05, 0.1) is 6.10 Å². The molecule has 0 radical (unpaired) electrons. The standard InChI is InChI=1S/C9H11NO/c10-8-5-6-3-1-2-4-7(6)9(8)11/h1-4,8-9,11H,5,10H2/t8?,9-/m1/s1. The van der Waals surface area contributed by atoms with Crippen LogP contribution in [0, 0.1) is 0 Å². The van der Waals surface area contributed by atoms with Gasteiger partial charge in [-0.1, -0.05) is 24.3 Å². The second-order valence-corrected chi connectivity index (χ2v) is 3.01. The second-order valence-electron chi connectivity index (χ2n) is 3.01. The first-order chi connectivity index (χ1) is 5.29. The molecule has 1 aromatic rings. The topological polar surface area (TPSA) is 46.2 Å². The molecule has 3 N–H and O–H groups in total. The van der Waals surface area contributed by atoms with Gasteiger partial charge in [0.2, 0.25) is 0 Å². The van der Waals surface area contributed by atoms with Gasteiger partial charge in [0.25, 0.3) is 0 Å². The van der Waals surface area contributed by atoms with Crippen LogP contribution in [0.4, 0.5) is 0 Å². The minimum Gasteiger partial charge on any atom is -0.387 e. The Bertz CT molecular complexity index is 272. The highest BCUT2D eigenvalue weighted by atomic mass is 16.3. The number of fused-ring (bicyclic) bond motifs is 1. The highest BCUT2D eigenvalue weighted by Crippen LogP contribution is 2.29. The number of benzene rings is 1. The summed E-state index contributed by atoms with van der Waals surface area (Å²) in [5, 5.41) is 9.52. The molecule has 0 saturated heterocycles. The smallest absolute Gasteiger partial charge is 0.0946 e. The normalized spacial score (nSPS) is 28.5. The van der Waals surface area contributed by atoms with Gasteiger partial charge in [-0.2, -0.15) is 0 Å². The van der Waals surface area contributed by atoms with Crippen LogP contribution < -0.4 is 5.73 Å². The number of hydrogen-bond donors (Lipinski definition) is 2. The third-order valence-corrected chi connectivity index (χ3v) is 2.23. The second kappa shape index (κ2) is 2.32. The summed E-state index contributed by atoms with van der Waals surface area (Å²) in [6, 6.07) is 7.76. The lowest BCUT2D eigenvalue weighted by atomic mass is 10.1. The molecule has 2 nitrogen and oxygen atoms in total. The lowest BCUT2D eigenvalue weighted by Crippen LogP contribution is -2.24. The molecule has 1 aromatic carbocycles. The fourth-order valence-electron chi connectivity index (χ4n) is 1.60. The molecule has 0 bridgehead atoms. The van der Waals surface area contributed by atoms with Crippen molar-refractivity contribution < 1.29 is 5.11 Å². The van der Waals surface area contributed by atoms with Gasteiger partial charge in [0, 0.05) is 6.04 Å². The van der Waals surface area contributed by atoms with E-state index < -0.39 is 6.10 Å². The van der Waals surface area contributed by atoms with Gasteiger partial charge >= 0.3 is 0 Å². The molecule has 58 valence electrons. The van der Waals surface area contributed by atoms with Crippen LogP contribution in [0.3, 0.4) is 0 Å². The van der Waals surface area contributed by atoms with Crippen molar-refractivity contribution in [2.24, 2.45) is 5.73 Å². The van der Waals surface area contributed by atoms with Crippen molar-refractivity contribution in [2.45, 2.75) is 18.6 Å². The molecular formula is C9H11NO. The van der Waals surface area contributed by atoms with E-state index in [-0.39, 0.29) is 6.04 Å². The SMILES string of the molecule is NC1Cc2ccccc2[C@H]1O. The fraction of sp³-hybridized carbons (Fsp3) is 0.333. The quantitative estimate of drug-likeness (QED) is 0.567. The number of hydrogen-bond acceptors (Lipinski definition) is 2. The fourth-order valence-corrected chi connectivity index (χ4v) is 1.60. The van der Waals surface area contributed by atoms with Crippen LogP contribution in [0.2, 0.25) is 0 Å². The molecular weight excluding hydrogens is 138 g/mol. The maximum Gasteiger partial charge on any atom is 0.0946 e. The van der Waals surface area contributed by atoms with E-state index in [4.69, 9.17) is 5.73 Å². The van der Waals surface area contributed by atoms with E-state index in [1.54, 1.807) is 0 Å². The Balaban J connectivity index is 2.47. The number of nitrogens with two attached hydrogens (primary N) is 1. The molecule has 11 heavy (non-hydrogen) atoms. The third-order valence-electron chi connectivity index (χ3n) is 2.23. The lowest BCUT2D eigenvalue weighted by molar-refractivity contribution is 0.159. The Morgan fingerprint density at radius 2 is 2.09 bits per heavy atom. The van der Waals surface area contributed by atoms with Crippen LogP contribution in [0.25, 0.3) is 0 Å². The zero-order valence-corrected chi connectivity index (χ0v) is 6.20. The molecule has 2 atom stereocenters. The average Bonchev–Trinajstić information content (AvgIpc) is 2.30. The minimum atomic E-state index is -0.453. The van der Waals surface area contributed by atoms with E-state index in [0.717, 1.165) is 12.0 Å². The van der Waals surface area contributed by atoms with Gasteiger partial charge in [-0.25, -0.2) is 0 Å². The van der Waals surface area contributed by atoms with E-state index in [2.05, 4.69) is 0 Å². The first kappa shape index (κ1) is 6.83. The van der Waals surface area contributed by atoms with E-state index in [0.29, 0.717) is 0 Å². The number of rotatable bonds is 0. The van der Waals surface area contributed by atoms with Crippen LogP contribution in [-0.2, 0) is 6.42 Å². The van der Waals surface area contributed by atoms with E-state index in [9.17, 15) is 5.11 Å². The molecule has 0 aliphatic heterocycles. The first-order valence-corrected chi connectivity index (χ1v) is 3.80. The maximum atomic E-state index is 9.52. The third kappa shape index (κ3) is 0.951. The monoisotopic (exact) mass is 149 g/mol. The summed E-state index contributed by atoms with van der Waals surface area (Å²) >= 11 is 0. The van der Waals surface area contributed by atoms with Crippen molar-refractivity contribution in [3.63, 3.8) is 0 Å². The Kier molecular flexibility index (Phi) is 1.44. The van der Waals surface area contributed by atoms with E-state index in [1.165, 1.54) is 5.56 Å². The van der Waals surface area contributed by atoms with Crippen LogP contribution in [0.1, 0.15) is 17.2 Å². The maximum absolute atomic E-state index is 9.52. The van der Waals surface area contributed by atoms with Crippen molar-refractivity contribution in [3.8, 4) is 0 Å². The van der Waals surface area contributed by atoms with Gasteiger partial charge in [0.1, 0.15) is 0 Å². The predicted octanol–water partition coefficient (Wildman–Crippen LogP) is 0.603. The van der Waals surface area contributed by atoms with Crippen molar-refractivity contribution in [2.75, 3.05) is 0 Å². The number of aliphatic hydroxyl groups is 1. The Labute approximate surface area is 65.7 Å². The van der Waals surface area contributed by atoms with Crippen LogP contribution >= 0.6 is 0 Å². The van der Waals surface area contributed by atoms with Crippen LogP contribution in [-0.4, -0.2) is 11.1 Å². The lowest BCUT2D eigenvalue weighted by Gasteiger charge is -2.07.